The number of hydrogen-bond donors (Lipinski definition) is 1. The van der Waals surface area contributed by atoms with E-state index < -0.39 is 0 Å². The zero-order valence-electron chi connectivity index (χ0n) is 15.1. The van der Waals surface area contributed by atoms with Gasteiger partial charge in [-0.15, -0.1) is 11.3 Å². The Morgan fingerprint density at radius 3 is 2.92 bits per heavy atom. The lowest BCUT2D eigenvalue weighted by molar-refractivity contribution is -0.115. The van der Waals surface area contributed by atoms with E-state index in [2.05, 4.69) is 15.3 Å². The highest BCUT2D eigenvalue weighted by molar-refractivity contribution is 8.00. The van der Waals surface area contributed by atoms with Crippen LogP contribution in [-0.4, -0.2) is 21.1 Å². The van der Waals surface area contributed by atoms with Crippen LogP contribution >= 0.6 is 23.1 Å². The number of thioether (sulfide) groups is 1. The number of benzene rings is 1. The van der Waals surface area contributed by atoms with Gasteiger partial charge in [0.05, 0.1) is 5.25 Å². The number of anilines is 1. The fraction of sp³-hybridized carbons (Fsp3) is 0.350. The van der Waals surface area contributed by atoms with Gasteiger partial charge in [-0.2, -0.15) is 0 Å². The molecule has 2 aromatic heterocycles. The smallest absolute Gasteiger partial charge is 0.237 e. The van der Waals surface area contributed by atoms with Crippen LogP contribution in [0.3, 0.4) is 0 Å². The summed E-state index contributed by atoms with van der Waals surface area (Å²) in [6.45, 7) is 5.88. The topological polar surface area (TPSA) is 54.9 Å². The van der Waals surface area contributed by atoms with Gasteiger partial charge in [0.25, 0.3) is 0 Å². The van der Waals surface area contributed by atoms with E-state index in [-0.39, 0.29) is 11.2 Å². The molecule has 4 nitrogen and oxygen atoms in total. The van der Waals surface area contributed by atoms with E-state index in [0.29, 0.717) is 0 Å². The number of fused-ring (bicyclic) bond motifs is 3. The van der Waals surface area contributed by atoms with Crippen molar-refractivity contribution >= 4 is 44.9 Å². The molecule has 0 radical (unpaired) electrons. The van der Waals surface area contributed by atoms with Gasteiger partial charge >= 0.3 is 0 Å². The number of nitrogens with one attached hydrogen (secondary N) is 1. The molecule has 1 aliphatic carbocycles. The van der Waals surface area contributed by atoms with Crippen molar-refractivity contribution < 1.29 is 4.79 Å². The van der Waals surface area contributed by atoms with E-state index in [1.165, 1.54) is 34.0 Å². The summed E-state index contributed by atoms with van der Waals surface area (Å²) in [7, 11) is 0. The lowest BCUT2D eigenvalue weighted by Gasteiger charge is -2.13. The first-order valence-electron chi connectivity index (χ1n) is 8.84. The normalized spacial score (nSPS) is 14.4. The summed E-state index contributed by atoms with van der Waals surface area (Å²) in [5.74, 6) is 0.767. The molecule has 0 saturated heterocycles. The monoisotopic (exact) mass is 383 g/mol. The van der Waals surface area contributed by atoms with Crippen LogP contribution < -0.4 is 5.32 Å². The second kappa shape index (κ2) is 7.00. The van der Waals surface area contributed by atoms with Crippen molar-refractivity contribution in [2.24, 2.45) is 0 Å². The Bertz CT molecular complexity index is 996. The van der Waals surface area contributed by atoms with E-state index in [1.807, 2.05) is 45.0 Å². The maximum absolute atomic E-state index is 12.6. The van der Waals surface area contributed by atoms with Crippen LogP contribution in [0.25, 0.3) is 10.2 Å². The lowest BCUT2D eigenvalue weighted by atomic mass is 10.2. The summed E-state index contributed by atoms with van der Waals surface area (Å²) in [6, 6.07) is 7.87. The van der Waals surface area contributed by atoms with Gasteiger partial charge in [-0.3, -0.25) is 4.79 Å². The first kappa shape index (κ1) is 17.5. The molecule has 0 aliphatic heterocycles. The highest BCUT2D eigenvalue weighted by Crippen LogP contribution is 2.41. The van der Waals surface area contributed by atoms with Gasteiger partial charge in [0, 0.05) is 16.0 Å². The summed E-state index contributed by atoms with van der Waals surface area (Å²) in [6.07, 6.45) is 3.45. The van der Waals surface area contributed by atoms with Crippen molar-refractivity contribution in [2.75, 3.05) is 5.32 Å². The number of rotatable bonds is 4. The minimum atomic E-state index is -0.232. The van der Waals surface area contributed by atoms with Crippen LogP contribution in [0.2, 0.25) is 0 Å². The second-order valence-corrected chi connectivity index (χ2v) is 9.15. The van der Waals surface area contributed by atoms with Crippen LogP contribution in [0, 0.1) is 13.8 Å². The van der Waals surface area contributed by atoms with Gasteiger partial charge in [-0.1, -0.05) is 23.9 Å². The summed E-state index contributed by atoms with van der Waals surface area (Å²) < 4.78 is 0. The first-order chi connectivity index (χ1) is 12.5. The fourth-order valence-electron chi connectivity index (χ4n) is 3.34. The maximum atomic E-state index is 12.6. The van der Waals surface area contributed by atoms with E-state index in [4.69, 9.17) is 0 Å². The minimum absolute atomic E-state index is 0.00288. The Balaban J connectivity index is 1.59. The third-order valence-corrected chi connectivity index (χ3v) is 6.86. The second-order valence-electron chi connectivity index (χ2n) is 6.73. The van der Waals surface area contributed by atoms with E-state index in [0.717, 1.165) is 39.8 Å². The fourth-order valence-corrected chi connectivity index (χ4v) is 5.73. The Morgan fingerprint density at radius 1 is 1.27 bits per heavy atom. The summed E-state index contributed by atoms with van der Waals surface area (Å²) in [5.41, 5.74) is 3.37. The summed E-state index contributed by atoms with van der Waals surface area (Å²) >= 11 is 3.32. The standard InChI is InChI=1S/C20H21N3OS2/c1-11-6-4-7-14(10-11)23-18(24)12(2)25-19-17-15-8-5-9-16(15)26-20(17)22-13(3)21-19/h4,6-7,10,12H,5,8-9H2,1-3H3,(H,23,24)/t12-/m0/s1. The Labute approximate surface area is 161 Å². The molecule has 3 aromatic rings. The van der Waals surface area contributed by atoms with Crippen LogP contribution in [-0.2, 0) is 17.6 Å². The van der Waals surface area contributed by atoms with E-state index in [9.17, 15) is 4.79 Å². The summed E-state index contributed by atoms with van der Waals surface area (Å²) in [5, 5.41) is 4.90. The number of carbonyl (C=O) groups is 1. The van der Waals surface area contributed by atoms with Crippen LogP contribution in [0.1, 0.15) is 35.2 Å². The van der Waals surface area contributed by atoms with Crippen molar-refractivity contribution in [1.29, 1.82) is 0 Å². The molecule has 0 unspecified atom stereocenters. The van der Waals surface area contributed by atoms with Gasteiger partial charge in [-0.05, 0) is 63.3 Å². The average molecular weight is 384 g/mol. The predicted molar refractivity (Wildman–Crippen MR) is 109 cm³/mol. The molecule has 4 rings (SSSR count). The van der Waals surface area contributed by atoms with Crippen molar-refractivity contribution in [3.63, 3.8) is 0 Å². The summed E-state index contributed by atoms with van der Waals surface area (Å²) in [4.78, 5) is 24.5. The molecule has 1 atom stereocenters. The number of aromatic nitrogens is 2. The molecular formula is C20H21N3OS2. The molecule has 2 heterocycles. The number of thiophene rings is 1. The number of aryl methyl sites for hydroxylation is 4. The molecule has 1 aliphatic rings. The highest BCUT2D eigenvalue weighted by atomic mass is 32.2. The van der Waals surface area contributed by atoms with Crippen LogP contribution in [0.4, 0.5) is 5.69 Å². The predicted octanol–water partition coefficient (Wildman–Crippen LogP) is 4.92. The van der Waals surface area contributed by atoms with Crippen molar-refractivity contribution in [2.45, 2.75) is 50.3 Å². The molecule has 6 heteroatoms. The van der Waals surface area contributed by atoms with Gasteiger partial charge in [0.1, 0.15) is 15.7 Å². The number of amides is 1. The maximum Gasteiger partial charge on any atom is 0.237 e. The SMILES string of the molecule is Cc1cccc(NC(=O)[C@H](C)Sc2nc(C)nc3sc4c(c23)CCC4)c1. The van der Waals surface area contributed by atoms with Crippen LogP contribution in [0.5, 0.6) is 0 Å². The minimum Gasteiger partial charge on any atom is -0.325 e. The molecule has 1 aromatic carbocycles. The van der Waals surface area contributed by atoms with Gasteiger partial charge in [-0.25, -0.2) is 9.97 Å². The molecular weight excluding hydrogens is 362 g/mol. The quantitative estimate of drug-likeness (QED) is 0.513. The molecule has 0 spiro atoms. The number of hydrogen-bond acceptors (Lipinski definition) is 5. The number of carbonyl (C=O) groups excluding carboxylic acids is 1. The van der Waals surface area contributed by atoms with Gasteiger partial charge in [0.2, 0.25) is 5.91 Å². The third-order valence-electron chi connectivity index (χ3n) is 4.59. The zero-order chi connectivity index (χ0) is 18.3. The molecule has 0 fully saturated rings. The molecule has 134 valence electrons. The number of nitrogens with zero attached hydrogens (tertiary/aromatic N) is 2. The van der Waals surface area contributed by atoms with Gasteiger partial charge in [0.15, 0.2) is 0 Å². The molecule has 0 saturated carbocycles. The Morgan fingerprint density at radius 2 is 2.12 bits per heavy atom. The molecule has 1 N–H and O–H groups in total. The average Bonchev–Trinajstić information content (AvgIpc) is 3.14. The van der Waals surface area contributed by atoms with Crippen molar-refractivity contribution in [3.05, 3.63) is 46.1 Å². The zero-order valence-corrected chi connectivity index (χ0v) is 16.8. The van der Waals surface area contributed by atoms with Gasteiger partial charge < -0.3 is 5.32 Å². The Hall–Kier alpha value is -1.92. The molecule has 1 amide bonds. The highest BCUT2D eigenvalue weighted by Gasteiger charge is 2.24. The van der Waals surface area contributed by atoms with E-state index in [1.54, 1.807) is 11.3 Å². The van der Waals surface area contributed by atoms with E-state index >= 15 is 0 Å². The largest absolute Gasteiger partial charge is 0.325 e. The molecule has 26 heavy (non-hydrogen) atoms. The Kier molecular flexibility index (Phi) is 4.71. The first-order valence-corrected chi connectivity index (χ1v) is 10.5. The van der Waals surface area contributed by atoms with Crippen molar-refractivity contribution in [1.82, 2.24) is 9.97 Å². The van der Waals surface area contributed by atoms with Crippen molar-refractivity contribution in [3.8, 4) is 0 Å². The third kappa shape index (κ3) is 3.35. The lowest BCUT2D eigenvalue weighted by Crippen LogP contribution is -2.22. The van der Waals surface area contributed by atoms with Crippen LogP contribution in [0.15, 0.2) is 29.3 Å². The molecule has 0 bridgehead atoms.